The number of halogens is 1. The molecule has 46 heavy (non-hydrogen) atoms. The van der Waals surface area contributed by atoms with Crippen molar-refractivity contribution < 1.29 is 36.9 Å². The van der Waals surface area contributed by atoms with Crippen LogP contribution in [0.4, 0.5) is 4.39 Å². The molecular weight excluding hydrogens is 611 g/mol. The maximum Gasteiger partial charge on any atom is 0.252 e. The number of aliphatic imine (C=N–C) groups is 1. The fourth-order valence-electron chi connectivity index (χ4n) is 5.15. The van der Waals surface area contributed by atoms with Crippen LogP contribution in [0, 0.1) is 5.82 Å². The first-order chi connectivity index (χ1) is 22.2. The highest BCUT2D eigenvalue weighted by Gasteiger charge is 2.53. The van der Waals surface area contributed by atoms with Crippen LogP contribution in [0.25, 0.3) is 0 Å². The molecule has 0 unspecified atom stereocenters. The molecule has 1 heterocycles. The minimum atomic E-state index is -3.81. The Balaban J connectivity index is 1.55. The molecule has 0 radical (unpaired) electrons. The minimum absolute atomic E-state index is 0.0136. The second-order valence-electron chi connectivity index (χ2n) is 10.8. The summed E-state index contributed by atoms with van der Waals surface area (Å²) in [6.45, 7) is 0.417. The van der Waals surface area contributed by atoms with Gasteiger partial charge in [-0.2, -0.15) is 0 Å². The molecule has 4 aromatic carbocycles. The molecule has 2 atom stereocenters. The Hall–Kier alpha value is -4.74. The number of carbonyl (C=O) groups is 1. The summed E-state index contributed by atoms with van der Waals surface area (Å²) in [5.41, 5.74) is 0.0668. The van der Waals surface area contributed by atoms with Gasteiger partial charge >= 0.3 is 0 Å². The maximum atomic E-state index is 14.3. The molecule has 0 spiro atoms. The van der Waals surface area contributed by atoms with E-state index in [1.165, 1.54) is 31.4 Å². The SMILES string of the molecule is COc1cccc([C@H]2OC(c3ccc(OCCCO)cc3)=N[C@@]2(CCS(=O)(=O)c2ccccc2)C(=O)NCc2ccc(F)cc2)c1. The van der Waals surface area contributed by atoms with E-state index in [2.05, 4.69) is 5.32 Å². The minimum Gasteiger partial charge on any atom is -0.497 e. The number of sulfone groups is 1. The van der Waals surface area contributed by atoms with Crippen molar-refractivity contribution in [2.24, 2.45) is 4.99 Å². The Kier molecular flexibility index (Phi) is 10.3. The summed E-state index contributed by atoms with van der Waals surface area (Å²) in [4.78, 5) is 19.3. The summed E-state index contributed by atoms with van der Waals surface area (Å²) in [7, 11) is -2.29. The van der Waals surface area contributed by atoms with Crippen molar-refractivity contribution in [1.29, 1.82) is 0 Å². The number of amides is 1. The Morgan fingerprint density at radius 1 is 0.978 bits per heavy atom. The van der Waals surface area contributed by atoms with Gasteiger partial charge in [-0.05, 0) is 71.8 Å². The van der Waals surface area contributed by atoms with Gasteiger partial charge < -0.3 is 24.6 Å². The van der Waals surface area contributed by atoms with Gasteiger partial charge in [0, 0.05) is 31.6 Å². The van der Waals surface area contributed by atoms with Crippen molar-refractivity contribution in [3.63, 3.8) is 0 Å². The highest BCUT2D eigenvalue weighted by atomic mass is 32.2. The Bertz CT molecular complexity index is 1770. The first-order valence-corrected chi connectivity index (χ1v) is 16.4. The fourth-order valence-corrected chi connectivity index (χ4v) is 6.54. The van der Waals surface area contributed by atoms with Gasteiger partial charge in [-0.3, -0.25) is 4.79 Å². The van der Waals surface area contributed by atoms with E-state index >= 15 is 0 Å². The molecule has 2 N–H and O–H groups in total. The van der Waals surface area contributed by atoms with Gasteiger partial charge in [0.05, 0.1) is 24.4 Å². The van der Waals surface area contributed by atoms with Gasteiger partial charge in [-0.15, -0.1) is 0 Å². The van der Waals surface area contributed by atoms with Crippen molar-refractivity contribution in [3.8, 4) is 11.5 Å². The zero-order valence-electron chi connectivity index (χ0n) is 25.3. The number of ether oxygens (including phenoxy) is 3. The van der Waals surface area contributed by atoms with Gasteiger partial charge in [0.25, 0.3) is 5.91 Å². The number of aliphatic hydroxyl groups excluding tert-OH is 1. The predicted molar refractivity (Wildman–Crippen MR) is 171 cm³/mol. The highest BCUT2D eigenvalue weighted by Crippen LogP contribution is 2.44. The molecule has 0 aliphatic carbocycles. The molecule has 4 aromatic rings. The number of aliphatic hydroxyl groups is 1. The molecule has 1 aliphatic heterocycles. The molecule has 5 rings (SSSR count). The van der Waals surface area contributed by atoms with Crippen molar-refractivity contribution in [1.82, 2.24) is 5.32 Å². The van der Waals surface area contributed by atoms with Crippen molar-refractivity contribution in [2.75, 3.05) is 26.1 Å². The molecule has 9 nitrogen and oxygen atoms in total. The smallest absolute Gasteiger partial charge is 0.252 e. The lowest BCUT2D eigenvalue weighted by atomic mass is 9.85. The molecule has 0 bridgehead atoms. The Morgan fingerprint density at radius 3 is 2.41 bits per heavy atom. The fraction of sp³-hybridized carbons (Fsp3) is 0.257. The van der Waals surface area contributed by atoms with Crippen molar-refractivity contribution in [3.05, 3.63) is 126 Å². The molecule has 240 valence electrons. The number of nitrogens with zero attached hydrogens (tertiary/aromatic N) is 1. The standard InChI is InChI=1S/C35H35FN2O7S/c1-43-30-8-5-7-27(23-30)32-35(19-22-46(41,42)31-9-3-2-4-10-31,34(40)37-24-25-11-15-28(36)16-12-25)38-33(45-32)26-13-17-29(18-14-26)44-21-6-20-39/h2-5,7-18,23,32,39H,6,19-22,24H2,1H3,(H,37,40)/t32-,35-/m1/s1. The molecule has 0 saturated heterocycles. The van der Waals surface area contributed by atoms with Crippen LogP contribution in [-0.2, 0) is 25.9 Å². The molecule has 0 aromatic heterocycles. The monoisotopic (exact) mass is 646 g/mol. The van der Waals surface area contributed by atoms with Crippen LogP contribution in [0.15, 0.2) is 113 Å². The molecule has 1 amide bonds. The highest BCUT2D eigenvalue weighted by molar-refractivity contribution is 7.91. The third kappa shape index (κ3) is 7.55. The average molecular weight is 647 g/mol. The maximum absolute atomic E-state index is 14.3. The largest absolute Gasteiger partial charge is 0.497 e. The van der Waals surface area contributed by atoms with E-state index in [-0.39, 0.29) is 36.1 Å². The van der Waals surface area contributed by atoms with Gasteiger partial charge in [-0.1, -0.05) is 42.5 Å². The Labute approximate surface area is 267 Å². The van der Waals surface area contributed by atoms with E-state index < -0.39 is 33.2 Å². The normalized spacial score (nSPS) is 17.5. The first-order valence-electron chi connectivity index (χ1n) is 14.8. The van der Waals surface area contributed by atoms with Crippen molar-refractivity contribution >= 4 is 21.6 Å². The lowest BCUT2D eigenvalue weighted by Crippen LogP contribution is -2.49. The van der Waals surface area contributed by atoms with Crippen LogP contribution < -0.4 is 14.8 Å². The topological polar surface area (TPSA) is 124 Å². The summed E-state index contributed by atoms with van der Waals surface area (Å²) in [6.07, 6.45) is -0.730. The van der Waals surface area contributed by atoms with Crippen LogP contribution >= 0.6 is 0 Å². The van der Waals surface area contributed by atoms with E-state index in [1.807, 2.05) is 0 Å². The van der Waals surface area contributed by atoms with Crippen LogP contribution in [0.2, 0.25) is 0 Å². The lowest BCUT2D eigenvalue weighted by Gasteiger charge is -2.30. The van der Waals surface area contributed by atoms with E-state index in [4.69, 9.17) is 24.3 Å². The first kappa shape index (κ1) is 32.6. The van der Waals surface area contributed by atoms with E-state index in [9.17, 15) is 17.6 Å². The van der Waals surface area contributed by atoms with Crippen LogP contribution in [0.3, 0.4) is 0 Å². The zero-order chi connectivity index (χ0) is 32.6. The number of benzene rings is 4. The second kappa shape index (κ2) is 14.6. The van der Waals surface area contributed by atoms with Crippen molar-refractivity contribution in [2.45, 2.75) is 35.9 Å². The molecular formula is C35H35FN2O7S. The number of methoxy groups -OCH3 is 1. The van der Waals surface area contributed by atoms with Crippen LogP contribution in [0.1, 0.15) is 35.6 Å². The lowest BCUT2D eigenvalue weighted by molar-refractivity contribution is -0.129. The number of hydrogen-bond donors (Lipinski definition) is 2. The zero-order valence-corrected chi connectivity index (χ0v) is 26.1. The summed E-state index contributed by atoms with van der Waals surface area (Å²) in [5, 5.41) is 11.9. The Morgan fingerprint density at radius 2 is 1.72 bits per heavy atom. The number of hydrogen-bond acceptors (Lipinski definition) is 8. The van der Waals surface area contributed by atoms with Gasteiger partial charge in [0.1, 0.15) is 17.3 Å². The average Bonchev–Trinajstić information content (AvgIpc) is 3.49. The summed E-state index contributed by atoms with van der Waals surface area (Å²) < 4.78 is 58.1. The molecule has 1 aliphatic rings. The summed E-state index contributed by atoms with van der Waals surface area (Å²) >= 11 is 0. The molecule has 0 saturated carbocycles. The number of carbonyl (C=O) groups excluding carboxylic acids is 1. The summed E-state index contributed by atoms with van der Waals surface area (Å²) in [6, 6.07) is 27.7. The van der Waals surface area contributed by atoms with Crippen LogP contribution in [0.5, 0.6) is 11.5 Å². The van der Waals surface area contributed by atoms with Gasteiger partial charge in [-0.25, -0.2) is 17.8 Å². The molecule has 11 heteroatoms. The van der Waals surface area contributed by atoms with E-state index in [1.54, 1.807) is 78.9 Å². The third-order valence-corrected chi connectivity index (χ3v) is 9.38. The molecule has 0 fully saturated rings. The third-order valence-electron chi connectivity index (χ3n) is 7.65. The summed E-state index contributed by atoms with van der Waals surface area (Å²) in [5.74, 6) is -0.0809. The quantitative estimate of drug-likeness (QED) is 0.184. The predicted octanol–water partition coefficient (Wildman–Crippen LogP) is 5.03. The van der Waals surface area contributed by atoms with Crippen LogP contribution in [-0.4, -0.2) is 56.9 Å². The van der Waals surface area contributed by atoms with E-state index in [0.717, 1.165) is 0 Å². The van der Waals surface area contributed by atoms with E-state index in [0.29, 0.717) is 41.2 Å². The van der Waals surface area contributed by atoms with Gasteiger partial charge in [0.2, 0.25) is 5.90 Å². The van der Waals surface area contributed by atoms with Gasteiger partial charge in [0.15, 0.2) is 21.5 Å². The number of rotatable bonds is 14. The second-order valence-corrected chi connectivity index (χ2v) is 12.9. The number of nitrogens with one attached hydrogen (secondary N) is 1.